The summed E-state index contributed by atoms with van der Waals surface area (Å²) in [6.45, 7) is 2.22. The average Bonchev–Trinajstić information content (AvgIpc) is 2.88. The maximum atomic E-state index is 12.3. The predicted octanol–water partition coefficient (Wildman–Crippen LogP) is 1.66. The third-order valence-corrected chi connectivity index (χ3v) is 5.43. The SMILES string of the molecule is CCOc1ccc(S(=O)(=O)NCCN2C(=O)c3ccccc3C2=O)cc1. The molecule has 2 aromatic rings. The predicted molar refractivity (Wildman–Crippen MR) is 94.6 cm³/mol. The number of carbonyl (C=O) groups is 2. The number of rotatable bonds is 7. The van der Waals surface area contributed by atoms with Crippen LogP contribution >= 0.6 is 0 Å². The van der Waals surface area contributed by atoms with Crippen LogP contribution in [0.15, 0.2) is 53.4 Å². The van der Waals surface area contributed by atoms with Crippen molar-refractivity contribution in [2.75, 3.05) is 19.7 Å². The van der Waals surface area contributed by atoms with Gasteiger partial charge in [0.1, 0.15) is 5.75 Å². The summed E-state index contributed by atoms with van der Waals surface area (Å²) >= 11 is 0. The van der Waals surface area contributed by atoms with E-state index in [4.69, 9.17) is 4.74 Å². The Hall–Kier alpha value is -2.71. The fraction of sp³-hybridized carbons (Fsp3) is 0.222. The first-order valence-corrected chi connectivity index (χ1v) is 9.60. The standard InChI is InChI=1S/C18H18N2O5S/c1-2-25-13-7-9-14(10-8-13)26(23,24)19-11-12-20-17(21)15-5-3-4-6-16(15)18(20)22/h3-10,19H,2,11-12H2,1H3. The molecule has 0 fully saturated rings. The lowest BCUT2D eigenvalue weighted by Gasteiger charge is -2.14. The minimum atomic E-state index is -3.74. The number of imide groups is 1. The topological polar surface area (TPSA) is 92.8 Å². The first-order chi connectivity index (χ1) is 12.4. The molecule has 1 N–H and O–H groups in total. The summed E-state index contributed by atoms with van der Waals surface area (Å²) in [6, 6.07) is 12.6. The Kier molecular flexibility index (Phi) is 5.06. The number of sulfonamides is 1. The molecule has 0 aliphatic carbocycles. The summed E-state index contributed by atoms with van der Waals surface area (Å²) in [7, 11) is -3.74. The van der Waals surface area contributed by atoms with E-state index in [9.17, 15) is 18.0 Å². The van der Waals surface area contributed by atoms with Gasteiger partial charge in [-0.05, 0) is 43.3 Å². The van der Waals surface area contributed by atoms with Crippen LogP contribution in [0.25, 0.3) is 0 Å². The summed E-state index contributed by atoms with van der Waals surface area (Å²) in [6.07, 6.45) is 0. The molecule has 8 heteroatoms. The Morgan fingerprint density at radius 3 is 2.08 bits per heavy atom. The lowest BCUT2D eigenvalue weighted by atomic mass is 10.1. The number of carbonyl (C=O) groups excluding carboxylic acids is 2. The molecule has 0 saturated heterocycles. The molecule has 1 aliphatic heterocycles. The molecule has 1 heterocycles. The minimum Gasteiger partial charge on any atom is -0.494 e. The molecule has 3 rings (SSSR count). The Morgan fingerprint density at radius 1 is 0.962 bits per heavy atom. The molecule has 0 aromatic heterocycles. The molecule has 2 aromatic carbocycles. The lowest BCUT2D eigenvalue weighted by Crippen LogP contribution is -2.38. The van der Waals surface area contributed by atoms with Gasteiger partial charge in [-0.2, -0.15) is 0 Å². The lowest BCUT2D eigenvalue weighted by molar-refractivity contribution is 0.0657. The van der Waals surface area contributed by atoms with Crippen LogP contribution in [0, 0.1) is 0 Å². The van der Waals surface area contributed by atoms with Crippen molar-refractivity contribution in [3.05, 3.63) is 59.7 Å². The van der Waals surface area contributed by atoms with Gasteiger partial charge < -0.3 is 4.74 Å². The van der Waals surface area contributed by atoms with Crippen molar-refractivity contribution in [3.8, 4) is 5.75 Å². The number of nitrogens with one attached hydrogen (secondary N) is 1. The number of hydrogen-bond donors (Lipinski definition) is 1. The van der Waals surface area contributed by atoms with Gasteiger partial charge in [-0.3, -0.25) is 14.5 Å². The number of fused-ring (bicyclic) bond motifs is 1. The molecule has 0 spiro atoms. The number of hydrogen-bond acceptors (Lipinski definition) is 5. The summed E-state index contributed by atoms with van der Waals surface area (Å²) < 4.78 is 32.3. The van der Waals surface area contributed by atoms with Gasteiger partial charge in [0.15, 0.2) is 0 Å². The van der Waals surface area contributed by atoms with Gasteiger partial charge in [0.25, 0.3) is 11.8 Å². The molecule has 0 bridgehead atoms. The Morgan fingerprint density at radius 2 is 1.54 bits per heavy atom. The summed E-state index contributed by atoms with van der Waals surface area (Å²) in [5.74, 6) is -0.241. The van der Waals surface area contributed by atoms with Crippen LogP contribution in [0.4, 0.5) is 0 Å². The Labute approximate surface area is 151 Å². The van der Waals surface area contributed by atoms with Gasteiger partial charge in [-0.25, -0.2) is 13.1 Å². The first-order valence-electron chi connectivity index (χ1n) is 8.12. The Bertz CT molecular complexity index is 903. The van der Waals surface area contributed by atoms with Crippen LogP contribution in [0.5, 0.6) is 5.75 Å². The largest absolute Gasteiger partial charge is 0.494 e. The number of nitrogens with zero attached hydrogens (tertiary/aromatic N) is 1. The first kappa shape index (κ1) is 18.1. The zero-order chi connectivity index (χ0) is 18.7. The van der Waals surface area contributed by atoms with Crippen LogP contribution in [0.1, 0.15) is 27.6 Å². The molecular weight excluding hydrogens is 356 g/mol. The molecular formula is C18H18N2O5S. The van der Waals surface area contributed by atoms with Gasteiger partial charge in [0.05, 0.1) is 22.6 Å². The molecule has 0 saturated carbocycles. The van der Waals surface area contributed by atoms with E-state index in [0.29, 0.717) is 23.5 Å². The second kappa shape index (κ2) is 7.27. The van der Waals surface area contributed by atoms with Crippen LogP contribution < -0.4 is 9.46 Å². The maximum absolute atomic E-state index is 12.3. The number of amides is 2. The van der Waals surface area contributed by atoms with Crippen LogP contribution in [-0.2, 0) is 10.0 Å². The fourth-order valence-corrected chi connectivity index (χ4v) is 3.72. The fourth-order valence-electron chi connectivity index (χ4n) is 2.70. The van der Waals surface area contributed by atoms with Crippen LogP contribution in [0.3, 0.4) is 0 Å². The van der Waals surface area contributed by atoms with Gasteiger partial charge >= 0.3 is 0 Å². The zero-order valence-electron chi connectivity index (χ0n) is 14.1. The zero-order valence-corrected chi connectivity index (χ0v) is 15.0. The van der Waals surface area contributed by atoms with E-state index < -0.39 is 21.8 Å². The molecule has 0 unspecified atom stereocenters. The van der Waals surface area contributed by atoms with Crippen molar-refractivity contribution in [2.24, 2.45) is 0 Å². The van der Waals surface area contributed by atoms with Gasteiger partial charge in [0.2, 0.25) is 10.0 Å². The van der Waals surface area contributed by atoms with Crippen molar-refractivity contribution in [1.82, 2.24) is 9.62 Å². The van der Waals surface area contributed by atoms with Gasteiger partial charge in [-0.15, -0.1) is 0 Å². The smallest absolute Gasteiger partial charge is 0.261 e. The molecule has 136 valence electrons. The van der Waals surface area contributed by atoms with Gasteiger partial charge in [0, 0.05) is 13.1 Å². The molecule has 1 aliphatic rings. The highest BCUT2D eigenvalue weighted by Crippen LogP contribution is 2.22. The summed E-state index contributed by atoms with van der Waals surface area (Å²) in [5, 5.41) is 0. The monoisotopic (exact) mass is 374 g/mol. The van der Waals surface area contributed by atoms with Crippen molar-refractivity contribution in [3.63, 3.8) is 0 Å². The normalized spacial score (nSPS) is 13.8. The minimum absolute atomic E-state index is 0.0391. The average molecular weight is 374 g/mol. The van der Waals surface area contributed by atoms with Crippen molar-refractivity contribution in [2.45, 2.75) is 11.8 Å². The molecule has 0 radical (unpaired) electrons. The Balaban J connectivity index is 1.63. The second-order valence-electron chi connectivity index (χ2n) is 5.61. The summed E-state index contributed by atoms with van der Waals surface area (Å²) in [4.78, 5) is 25.6. The maximum Gasteiger partial charge on any atom is 0.261 e. The van der Waals surface area contributed by atoms with Gasteiger partial charge in [-0.1, -0.05) is 12.1 Å². The third-order valence-electron chi connectivity index (χ3n) is 3.95. The van der Waals surface area contributed by atoms with Crippen molar-refractivity contribution < 1.29 is 22.7 Å². The quantitative estimate of drug-likeness (QED) is 0.744. The van der Waals surface area contributed by atoms with Crippen LogP contribution in [-0.4, -0.2) is 44.8 Å². The van der Waals surface area contributed by atoms with E-state index in [0.717, 1.165) is 4.90 Å². The molecule has 7 nitrogen and oxygen atoms in total. The number of ether oxygens (including phenoxy) is 1. The molecule has 0 atom stereocenters. The van der Waals surface area contributed by atoms with E-state index in [1.165, 1.54) is 12.1 Å². The second-order valence-corrected chi connectivity index (χ2v) is 7.38. The molecule has 26 heavy (non-hydrogen) atoms. The summed E-state index contributed by atoms with van der Waals surface area (Å²) in [5.41, 5.74) is 0.679. The van der Waals surface area contributed by atoms with Crippen molar-refractivity contribution >= 4 is 21.8 Å². The van der Waals surface area contributed by atoms with E-state index in [2.05, 4.69) is 4.72 Å². The van der Waals surface area contributed by atoms with E-state index in [1.54, 1.807) is 36.4 Å². The third kappa shape index (κ3) is 3.47. The highest BCUT2D eigenvalue weighted by Gasteiger charge is 2.34. The number of benzene rings is 2. The molecule has 2 amide bonds. The highest BCUT2D eigenvalue weighted by atomic mass is 32.2. The van der Waals surface area contributed by atoms with Crippen molar-refractivity contribution in [1.29, 1.82) is 0 Å². The van der Waals surface area contributed by atoms with E-state index in [-0.39, 0.29) is 18.0 Å². The van der Waals surface area contributed by atoms with E-state index >= 15 is 0 Å². The van der Waals surface area contributed by atoms with Crippen LogP contribution in [0.2, 0.25) is 0 Å². The highest BCUT2D eigenvalue weighted by molar-refractivity contribution is 7.89. The van der Waals surface area contributed by atoms with E-state index in [1.807, 2.05) is 6.92 Å².